The molecule has 0 radical (unpaired) electrons. The van der Waals surface area contributed by atoms with Gasteiger partial charge in [0.2, 0.25) is 0 Å². The van der Waals surface area contributed by atoms with Gasteiger partial charge in [0.05, 0.1) is 11.6 Å². The number of aliphatic hydroxyl groups is 1. The lowest BCUT2D eigenvalue weighted by molar-refractivity contribution is 0.276. The van der Waals surface area contributed by atoms with Crippen LogP contribution in [0, 0.1) is 0 Å². The summed E-state index contributed by atoms with van der Waals surface area (Å²) in [6.45, 7) is -0.00378. The van der Waals surface area contributed by atoms with Gasteiger partial charge in [-0.15, -0.1) is 0 Å². The van der Waals surface area contributed by atoms with E-state index in [4.69, 9.17) is 16.7 Å². The predicted octanol–water partition coefficient (Wildman–Crippen LogP) is 1.48. The number of rotatable bonds is 1. The summed E-state index contributed by atoms with van der Waals surface area (Å²) in [6, 6.07) is 3.65. The van der Waals surface area contributed by atoms with E-state index in [9.17, 15) is 0 Å². The van der Waals surface area contributed by atoms with Crippen LogP contribution in [0.2, 0.25) is 5.02 Å². The van der Waals surface area contributed by atoms with E-state index in [2.05, 4.69) is 4.98 Å². The smallest absolute Gasteiger partial charge is 0.136 e. The first-order valence-corrected chi connectivity index (χ1v) is 3.91. The van der Waals surface area contributed by atoms with Crippen LogP contribution in [-0.4, -0.2) is 14.5 Å². The minimum Gasteiger partial charge on any atom is -0.390 e. The highest BCUT2D eigenvalue weighted by Crippen LogP contribution is 2.12. The lowest BCUT2D eigenvalue weighted by Crippen LogP contribution is -1.92. The van der Waals surface area contributed by atoms with Crippen LogP contribution >= 0.6 is 11.6 Å². The fourth-order valence-electron chi connectivity index (χ4n) is 1.15. The fourth-order valence-corrected chi connectivity index (χ4v) is 1.29. The predicted molar refractivity (Wildman–Crippen MR) is 46.1 cm³/mol. The van der Waals surface area contributed by atoms with Gasteiger partial charge in [-0.1, -0.05) is 11.6 Å². The summed E-state index contributed by atoms with van der Waals surface area (Å²) in [7, 11) is 0. The summed E-state index contributed by atoms with van der Waals surface area (Å²) < 4.78 is 1.77. The Morgan fingerprint density at radius 2 is 2.33 bits per heavy atom. The third-order valence-electron chi connectivity index (χ3n) is 1.72. The quantitative estimate of drug-likeness (QED) is 0.726. The van der Waals surface area contributed by atoms with E-state index < -0.39 is 0 Å². The average molecular weight is 183 g/mol. The minimum absolute atomic E-state index is 0.00378. The van der Waals surface area contributed by atoms with Crippen molar-refractivity contribution in [3.8, 4) is 0 Å². The van der Waals surface area contributed by atoms with Gasteiger partial charge in [0.1, 0.15) is 5.65 Å². The molecule has 2 aromatic rings. The SMILES string of the molecule is OCc1ccc2ncc(Cl)cn12. The number of hydrogen-bond acceptors (Lipinski definition) is 2. The molecule has 2 heterocycles. The highest BCUT2D eigenvalue weighted by Gasteiger charge is 2.00. The summed E-state index contributed by atoms with van der Waals surface area (Å²) in [5, 5.41) is 9.49. The fraction of sp³-hybridized carbons (Fsp3) is 0.125. The third-order valence-corrected chi connectivity index (χ3v) is 1.91. The van der Waals surface area contributed by atoms with Crippen molar-refractivity contribution in [2.24, 2.45) is 0 Å². The van der Waals surface area contributed by atoms with Crippen LogP contribution in [-0.2, 0) is 6.61 Å². The Morgan fingerprint density at radius 1 is 1.50 bits per heavy atom. The molecule has 2 rings (SSSR count). The largest absolute Gasteiger partial charge is 0.390 e. The maximum Gasteiger partial charge on any atom is 0.136 e. The zero-order valence-corrected chi connectivity index (χ0v) is 6.99. The molecule has 1 N–H and O–H groups in total. The van der Waals surface area contributed by atoms with Gasteiger partial charge < -0.3 is 9.51 Å². The van der Waals surface area contributed by atoms with Crippen molar-refractivity contribution in [2.75, 3.05) is 0 Å². The van der Waals surface area contributed by atoms with Gasteiger partial charge in [-0.25, -0.2) is 4.98 Å². The van der Waals surface area contributed by atoms with Gasteiger partial charge in [0.15, 0.2) is 0 Å². The molecule has 3 nitrogen and oxygen atoms in total. The molecule has 0 aliphatic heterocycles. The van der Waals surface area contributed by atoms with Gasteiger partial charge in [0.25, 0.3) is 0 Å². The lowest BCUT2D eigenvalue weighted by atomic mass is 10.5. The second kappa shape index (κ2) is 2.77. The molecule has 0 spiro atoms. The molecule has 0 bridgehead atoms. The molecule has 0 saturated heterocycles. The van der Waals surface area contributed by atoms with Crippen molar-refractivity contribution < 1.29 is 5.11 Å². The van der Waals surface area contributed by atoms with Crippen LogP contribution in [0.3, 0.4) is 0 Å². The van der Waals surface area contributed by atoms with Crippen LogP contribution in [0.1, 0.15) is 5.69 Å². The van der Waals surface area contributed by atoms with E-state index in [1.807, 2.05) is 12.1 Å². The van der Waals surface area contributed by atoms with E-state index in [0.717, 1.165) is 11.3 Å². The average Bonchev–Trinajstić information content (AvgIpc) is 2.46. The first kappa shape index (κ1) is 7.58. The molecule has 4 heteroatoms. The molecular formula is C8H7ClN2O. The normalized spacial score (nSPS) is 10.8. The maximum atomic E-state index is 8.92. The van der Waals surface area contributed by atoms with Crippen LogP contribution in [0.5, 0.6) is 0 Å². The molecule has 0 aliphatic rings. The second-order valence-corrected chi connectivity index (χ2v) is 2.92. The maximum absolute atomic E-state index is 8.92. The number of aliphatic hydroxyl groups excluding tert-OH is 1. The van der Waals surface area contributed by atoms with Gasteiger partial charge in [-0.05, 0) is 12.1 Å². The van der Waals surface area contributed by atoms with Crippen molar-refractivity contribution in [3.05, 3.63) is 35.2 Å². The summed E-state index contributed by atoms with van der Waals surface area (Å²) >= 11 is 5.74. The number of hydrogen-bond donors (Lipinski definition) is 1. The van der Waals surface area contributed by atoms with Crippen LogP contribution in [0.4, 0.5) is 0 Å². The summed E-state index contributed by atoms with van der Waals surface area (Å²) in [6.07, 6.45) is 3.31. The first-order chi connectivity index (χ1) is 5.81. The summed E-state index contributed by atoms with van der Waals surface area (Å²) in [4.78, 5) is 4.07. The molecule has 2 aromatic heterocycles. The van der Waals surface area contributed by atoms with Crippen molar-refractivity contribution in [3.63, 3.8) is 0 Å². The third kappa shape index (κ3) is 1.07. The minimum atomic E-state index is -0.00378. The second-order valence-electron chi connectivity index (χ2n) is 2.48. The van der Waals surface area contributed by atoms with Gasteiger partial charge in [-0.2, -0.15) is 0 Å². The Bertz CT molecular complexity index is 410. The van der Waals surface area contributed by atoms with Crippen molar-refractivity contribution >= 4 is 17.2 Å². The summed E-state index contributed by atoms with van der Waals surface area (Å²) in [5.41, 5.74) is 1.59. The molecule has 0 aromatic carbocycles. The standard InChI is InChI=1S/C8H7ClN2O/c9-6-3-10-8-2-1-7(5-12)11(8)4-6/h1-4,12H,5H2. The van der Waals surface area contributed by atoms with E-state index in [0.29, 0.717) is 5.02 Å². The highest BCUT2D eigenvalue weighted by atomic mass is 35.5. The summed E-state index contributed by atoms with van der Waals surface area (Å²) in [5.74, 6) is 0. The molecule has 62 valence electrons. The Morgan fingerprint density at radius 3 is 3.08 bits per heavy atom. The van der Waals surface area contributed by atoms with Gasteiger partial charge in [-0.3, -0.25) is 0 Å². The molecule has 12 heavy (non-hydrogen) atoms. The number of nitrogens with zero attached hydrogens (tertiary/aromatic N) is 2. The van der Waals surface area contributed by atoms with Crippen molar-refractivity contribution in [1.29, 1.82) is 0 Å². The number of aromatic nitrogens is 2. The molecule has 0 saturated carbocycles. The van der Waals surface area contributed by atoms with E-state index >= 15 is 0 Å². The molecule has 0 atom stereocenters. The van der Waals surface area contributed by atoms with E-state index in [-0.39, 0.29) is 6.61 Å². The van der Waals surface area contributed by atoms with E-state index in [1.165, 1.54) is 0 Å². The lowest BCUT2D eigenvalue weighted by Gasteiger charge is -1.98. The molecule has 0 unspecified atom stereocenters. The van der Waals surface area contributed by atoms with Crippen molar-refractivity contribution in [1.82, 2.24) is 9.38 Å². The van der Waals surface area contributed by atoms with E-state index in [1.54, 1.807) is 16.8 Å². The van der Waals surface area contributed by atoms with Gasteiger partial charge in [0, 0.05) is 18.1 Å². The Hall–Kier alpha value is -1.06. The zero-order valence-electron chi connectivity index (χ0n) is 6.24. The zero-order chi connectivity index (χ0) is 8.55. The molecular weight excluding hydrogens is 176 g/mol. The van der Waals surface area contributed by atoms with Crippen LogP contribution in [0.15, 0.2) is 24.5 Å². The number of halogens is 1. The molecule has 0 amide bonds. The Labute approximate surface area is 74.2 Å². The Balaban J connectivity index is 2.75. The first-order valence-electron chi connectivity index (χ1n) is 3.53. The highest BCUT2D eigenvalue weighted by molar-refractivity contribution is 6.30. The van der Waals surface area contributed by atoms with Crippen LogP contribution in [0.25, 0.3) is 5.65 Å². The van der Waals surface area contributed by atoms with Crippen LogP contribution < -0.4 is 0 Å². The Kier molecular flexibility index (Phi) is 1.75. The topological polar surface area (TPSA) is 37.5 Å². The molecule has 0 aliphatic carbocycles. The van der Waals surface area contributed by atoms with Crippen molar-refractivity contribution in [2.45, 2.75) is 6.61 Å². The number of fused-ring (bicyclic) bond motifs is 1. The molecule has 0 fully saturated rings. The monoisotopic (exact) mass is 182 g/mol. The van der Waals surface area contributed by atoms with Gasteiger partial charge >= 0.3 is 0 Å².